The van der Waals surface area contributed by atoms with E-state index in [0.29, 0.717) is 18.7 Å². The van der Waals surface area contributed by atoms with Gasteiger partial charge in [-0.05, 0) is 44.9 Å². The van der Waals surface area contributed by atoms with Gasteiger partial charge < -0.3 is 21.3 Å². The number of benzene rings is 1. The van der Waals surface area contributed by atoms with E-state index in [4.69, 9.17) is 0 Å². The van der Waals surface area contributed by atoms with Crippen molar-refractivity contribution in [2.75, 3.05) is 11.9 Å². The van der Waals surface area contributed by atoms with Crippen molar-refractivity contribution >= 4 is 23.5 Å². The molecule has 4 N–H and O–H groups in total. The molecule has 0 saturated carbocycles. The molecular formula is C19H30N4O3. The number of hydrogen-bond acceptors (Lipinski definition) is 3. The lowest BCUT2D eigenvalue weighted by molar-refractivity contribution is -0.126. The van der Waals surface area contributed by atoms with Gasteiger partial charge in [-0.25, -0.2) is 4.79 Å². The third-order valence-corrected chi connectivity index (χ3v) is 3.89. The van der Waals surface area contributed by atoms with Crippen LogP contribution < -0.4 is 21.3 Å². The van der Waals surface area contributed by atoms with Gasteiger partial charge in [0.25, 0.3) is 0 Å². The van der Waals surface area contributed by atoms with Crippen molar-refractivity contribution in [1.82, 2.24) is 16.0 Å². The fraction of sp³-hybridized carbons (Fsp3) is 0.526. The fourth-order valence-corrected chi connectivity index (χ4v) is 2.19. The van der Waals surface area contributed by atoms with Crippen LogP contribution in [0.25, 0.3) is 0 Å². The third-order valence-electron chi connectivity index (χ3n) is 3.89. The van der Waals surface area contributed by atoms with E-state index in [1.165, 1.54) is 0 Å². The van der Waals surface area contributed by atoms with E-state index in [0.717, 1.165) is 12.0 Å². The maximum atomic E-state index is 12.5. The van der Waals surface area contributed by atoms with Crippen LogP contribution in [0.4, 0.5) is 10.5 Å². The Morgan fingerprint density at radius 2 is 1.69 bits per heavy atom. The Labute approximate surface area is 155 Å². The highest BCUT2D eigenvalue weighted by atomic mass is 16.2. The zero-order valence-electron chi connectivity index (χ0n) is 16.2. The normalized spacial score (nSPS) is 12.0. The number of anilines is 1. The highest BCUT2D eigenvalue weighted by Crippen LogP contribution is 2.17. The van der Waals surface area contributed by atoms with E-state index in [2.05, 4.69) is 21.3 Å². The van der Waals surface area contributed by atoms with E-state index in [-0.39, 0.29) is 23.9 Å². The van der Waals surface area contributed by atoms with Gasteiger partial charge >= 0.3 is 6.03 Å². The van der Waals surface area contributed by atoms with E-state index < -0.39 is 5.54 Å². The van der Waals surface area contributed by atoms with Gasteiger partial charge in [-0.3, -0.25) is 9.59 Å². The third kappa shape index (κ3) is 6.74. The second-order valence-corrected chi connectivity index (χ2v) is 6.72. The van der Waals surface area contributed by atoms with Gasteiger partial charge in [0.15, 0.2) is 0 Å². The average Bonchev–Trinajstić information content (AvgIpc) is 2.59. The predicted octanol–water partition coefficient (Wildman–Crippen LogP) is 2.70. The molecule has 0 aliphatic heterocycles. The summed E-state index contributed by atoms with van der Waals surface area (Å²) < 4.78 is 0. The van der Waals surface area contributed by atoms with Crippen LogP contribution in [-0.4, -0.2) is 29.9 Å². The van der Waals surface area contributed by atoms with Gasteiger partial charge in [0.05, 0.1) is 6.04 Å². The Hall–Kier alpha value is -2.57. The highest BCUT2D eigenvalue weighted by molar-refractivity contribution is 5.91. The average molecular weight is 362 g/mol. The molecule has 144 valence electrons. The molecule has 0 spiro atoms. The molecule has 0 bridgehead atoms. The van der Waals surface area contributed by atoms with Gasteiger partial charge in [0.2, 0.25) is 11.8 Å². The van der Waals surface area contributed by atoms with Crippen LogP contribution in [-0.2, 0) is 9.59 Å². The number of hydrogen-bond donors (Lipinski definition) is 4. The second-order valence-electron chi connectivity index (χ2n) is 6.72. The lowest BCUT2D eigenvalue weighted by Gasteiger charge is -2.27. The Bertz CT molecular complexity index is 626. The zero-order valence-corrected chi connectivity index (χ0v) is 16.2. The summed E-state index contributed by atoms with van der Waals surface area (Å²) in [6.07, 6.45) is 1.24. The second kappa shape index (κ2) is 9.79. The molecule has 4 amide bonds. The van der Waals surface area contributed by atoms with Crippen molar-refractivity contribution in [2.24, 2.45) is 0 Å². The number of carbonyl (C=O) groups excluding carboxylic acids is 3. The summed E-state index contributed by atoms with van der Waals surface area (Å²) in [6.45, 7) is 9.48. The van der Waals surface area contributed by atoms with Crippen LogP contribution >= 0.6 is 0 Å². The Kier molecular flexibility index (Phi) is 8.09. The summed E-state index contributed by atoms with van der Waals surface area (Å²) >= 11 is 0. The molecule has 1 rings (SSSR count). The van der Waals surface area contributed by atoms with Crippen molar-refractivity contribution in [3.63, 3.8) is 0 Å². The molecule has 1 atom stereocenters. The summed E-state index contributed by atoms with van der Waals surface area (Å²) in [4.78, 5) is 35.7. The molecule has 0 fully saturated rings. The lowest BCUT2D eigenvalue weighted by atomic mass is 10.0. The summed E-state index contributed by atoms with van der Waals surface area (Å²) in [7, 11) is 0. The Morgan fingerprint density at radius 3 is 2.23 bits per heavy atom. The first-order valence-corrected chi connectivity index (χ1v) is 8.96. The van der Waals surface area contributed by atoms with Crippen LogP contribution in [0, 0.1) is 0 Å². The highest BCUT2D eigenvalue weighted by Gasteiger charge is 2.30. The first kappa shape index (κ1) is 21.5. The summed E-state index contributed by atoms with van der Waals surface area (Å²) in [5.41, 5.74) is 0.578. The molecule has 26 heavy (non-hydrogen) atoms. The van der Waals surface area contributed by atoms with Crippen molar-refractivity contribution in [3.8, 4) is 0 Å². The van der Waals surface area contributed by atoms with E-state index in [1.807, 2.05) is 26.0 Å². The molecule has 0 radical (unpaired) electrons. The molecule has 0 heterocycles. The lowest BCUT2D eigenvalue weighted by Crippen LogP contribution is -2.57. The number of nitrogens with one attached hydrogen (secondary N) is 4. The van der Waals surface area contributed by atoms with Gasteiger partial charge in [-0.2, -0.15) is 0 Å². The van der Waals surface area contributed by atoms with Crippen LogP contribution in [0.1, 0.15) is 59.1 Å². The minimum absolute atomic E-state index is 0.0479. The predicted molar refractivity (Wildman–Crippen MR) is 103 cm³/mol. The number of rotatable bonds is 8. The van der Waals surface area contributed by atoms with Gasteiger partial charge in [-0.15, -0.1) is 0 Å². The molecule has 1 aromatic carbocycles. The quantitative estimate of drug-likeness (QED) is 0.572. The Morgan fingerprint density at radius 1 is 1.08 bits per heavy atom. The van der Waals surface area contributed by atoms with Crippen LogP contribution in [0.5, 0.6) is 0 Å². The van der Waals surface area contributed by atoms with Crippen LogP contribution in [0.15, 0.2) is 24.3 Å². The van der Waals surface area contributed by atoms with Crippen molar-refractivity contribution in [3.05, 3.63) is 29.8 Å². The SMILES string of the molecule is CCCNC(=O)NC(C)(C)C(=O)N[C@H](C)c1ccc(NC(=O)CC)cc1. The van der Waals surface area contributed by atoms with E-state index in [1.54, 1.807) is 32.9 Å². The monoisotopic (exact) mass is 362 g/mol. The molecule has 0 aromatic heterocycles. The van der Waals surface area contributed by atoms with Crippen LogP contribution in [0.2, 0.25) is 0 Å². The van der Waals surface area contributed by atoms with E-state index in [9.17, 15) is 14.4 Å². The molecule has 7 heteroatoms. The minimum Gasteiger partial charge on any atom is -0.348 e. The number of amides is 4. The molecule has 0 aliphatic carbocycles. The molecule has 0 aliphatic rings. The molecule has 0 saturated heterocycles. The summed E-state index contributed by atoms with van der Waals surface area (Å²) in [5.74, 6) is -0.326. The standard InChI is InChI=1S/C19H30N4O3/c1-6-12-20-18(26)23-19(4,5)17(25)21-13(3)14-8-10-15(11-9-14)22-16(24)7-2/h8-11,13H,6-7,12H2,1-5H3,(H,21,25)(H,22,24)(H2,20,23,26)/t13-/m1/s1. The van der Waals surface area contributed by atoms with Gasteiger partial charge in [-0.1, -0.05) is 26.0 Å². The van der Waals surface area contributed by atoms with Gasteiger partial charge in [0.1, 0.15) is 5.54 Å². The number of carbonyl (C=O) groups is 3. The fourth-order valence-electron chi connectivity index (χ4n) is 2.19. The molecule has 0 unspecified atom stereocenters. The molecule has 7 nitrogen and oxygen atoms in total. The van der Waals surface area contributed by atoms with Crippen molar-refractivity contribution in [1.29, 1.82) is 0 Å². The van der Waals surface area contributed by atoms with E-state index >= 15 is 0 Å². The first-order valence-electron chi connectivity index (χ1n) is 8.96. The minimum atomic E-state index is -1.04. The zero-order chi connectivity index (χ0) is 19.7. The summed E-state index contributed by atoms with van der Waals surface area (Å²) in [6, 6.07) is 6.70. The maximum absolute atomic E-state index is 12.5. The molecular weight excluding hydrogens is 332 g/mol. The smallest absolute Gasteiger partial charge is 0.315 e. The van der Waals surface area contributed by atoms with Crippen molar-refractivity contribution < 1.29 is 14.4 Å². The van der Waals surface area contributed by atoms with Gasteiger partial charge in [0, 0.05) is 18.7 Å². The Balaban J connectivity index is 2.64. The molecule has 1 aromatic rings. The van der Waals surface area contributed by atoms with Crippen molar-refractivity contribution in [2.45, 2.75) is 59.0 Å². The summed E-state index contributed by atoms with van der Waals surface area (Å²) in [5, 5.41) is 11.0. The van der Waals surface area contributed by atoms with Crippen LogP contribution in [0.3, 0.4) is 0 Å². The largest absolute Gasteiger partial charge is 0.348 e. The number of urea groups is 1. The topological polar surface area (TPSA) is 99.3 Å². The maximum Gasteiger partial charge on any atom is 0.315 e. The first-order chi connectivity index (χ1) is 12.2.